The van der Waals surface area contributed by atoms with E-state index >= 15 is 0 Å². The van der Waals surface area contributed by atoms with Crippen molar-refractivity contribution in [2.24, 2.45) is 0 Å². The number of rotatable bonds is 9. The topological polar surface area (TPSA) is 92.5 Å². The minimum atomic E-state index is -1.20. The van der Waals surface area contributed by atoms with Crippen LogP contribution >= 0.6 is 11.6 Å². The molecule has 0 unspecified atom stereocenters. The number of aromatic carboxylic acids is 1. The van der Waals surface area contributed by atoms with E-state index in [-0.39, 0.29) is 48.5 Å². The number of ether oxygens (including phenoxy) is 2. The quantitative estimate of drug-likeness (QED) is 0.423. The molecule has 1 aliphatic heterocycles. The van der Waals surface area contributed by atoms with E-state index < -0.39 is 5.97 Å². The van der Waals surface area contributed by atoms with Crippen LogP contribution in [0.3, 0.4) is 0 Å². The second kappa shape index (κ2) is 11.7. The fourth-order valence-electron chi connectivity index (χ4n) is 4.32. The first-order chi connectivity index (χ1) is 17.7. The van der Waals surface area contributed by atoms with E-state index in [1.165, 1.54) is 24.5 Å². The van der Waals surface area contributed by atoms with Gasteiger partial charge in [0.25, 0.3) is 5.91 Å². The van der Waals surface area contributed by atoms with Crippen molar-refractivity contribution in [3.8, 4) is 11.5 Å². The first kappa shape index (κ1) is 26.5. The fraction of sp³-hybridized carbons (Fsp3) is 0.333. The number of halogens is 2. The van der Waals surface area contributed by atoms with E-state index in [2.05, 4.69) is 11.8 Å². The SMILES string of the molecule is C[C@@H]1CN(Cc2ccc(F)cc2)[C@@H](C)CN1C(=O)COc1ccc(Cl)cc1OCc1ccoc1C(=O)O. The molecular formula is C27H28ClFN2O6. The molecule has 3 aromatic rings. The van der Waals surface area contributed by atoms with Gasteiger partial charge in [0.1, 0.15) is 12.4 Å². The van der Waals surface area contributed by atoms with Crippen molar-refractivity contribution >= 4 is 23.5 Å². The summed E-state index contributed by atoms with van der Waals surface area (Å²) in [6.45, 7) is 5.66. The van der Waals surface area contributed by atoms with Gasteiger partial charge >= 0.3 is 5.97 Å². The van der Waals surface area contributed by atoms with E-state index in [1.807, 2.05) is 6.92 Å². The molecule has 1 saturated heterocycles. The molecule has 1 aromatic heterocycles. The molecule has 1 fully saturated rings. The normalized spacial score (nSPS) is 18.0. The third-order valence-corrected chi connectivity index (χ3v) is 6.55. The van der Waals surface area contributed by atoms with Crippen molar-refractivity contribution in [3.63, 3.8) is 0 Å². The number of carboxylic acids is 1. The van der Waals surface area contributed by atoms with E-state index in [1.54, 1.807) is 35.2 Å². The Kier molecular flexibility index (Phi) is 8.35. The molecule has 0 spiro atoms. The lowest BCUT2D eigenvalue weighted by atomic mass is 10.1. The summed E-state index contributed by atoms with van der Waals surface area (Å²) in [5, 5.41) is 9.61. The average Bonchev–Trinajstić information content (AvgIpc) is 3.34. The Bertz CT molecular complexity index is 1250. The largest absolute Gasteiger partial charge is 0.485 e. The van der Waals surface area contributed by atoms with Gasteiger partial charge in [0, 0.05) is 48.4 Å². The van der Waals surface area contributed by atoms with Crippen molar-refractivity contribution in [1.29, 1.82) is 0 Å². The lowest BCUT2D eigenvalue weighted by molar-refractivity contribution is -0.139. The lowest BCUT2D eigenvalue weighted by Gasteiger charge is -2.44. The fourth-order valence-corrected chi connectivity index (χ4v) is 4.48. The maximum absolute atomic E-state index is 13.2. The second-order valence-corrected chi connectivity index (χ2v) is 9.49. The number of nitrogens with zero attached hydrogens (tertiary/aromatic N) is 2. The van der Waals surface area contributed by atoms with Gasteiger partial charge in [-0.3, -0.25) is 9.69 Å². The molecule has 0 aliphatic carbocycles. The molecule has 4 rings (SSSR count). The van der Waals surface area contributed by atoms with Crippen LogP contribution in [0.15, 0.2) is 59.2 Å². The Balaban J connectivity index is 1.35. The van der Waals surface area contributed by atoms with E-state index in [0.717, 1.165) is 5.56 Å². The molecule has 1 amide bonds. The Morgan fingerprint density at radius 1 is 1.05 bits per heavy atom. The molecule has 8 nitrogen and oxygen atoms in total. The summed E-state index contributed by atoms with van der Waals surface area (Å²) in [5.74, 6) is -1.23. The van der Waals surface area contributed by atoms with Crippen molar-refractivity contribution in [2.45, 2.75) is 39.1 Å². The highest BCUT2D eigenvalue weighted by Gasteiger charge is 2.32. The Hall–Kier alpha value is -3.56. The summed E-state index contributed by atoms with van der Waals surface area (Å²) in [7, 11) is 0. The average molecular weight is 531 g/mol. The van der Waals surface area contributed by atoms with Gasteiger partial charge in [-0.05, 0) is 49.7 Å². The maximum Gasteiger partial charge on any atom is 0.372 e. The van der Waals surface area contributed by atoms with Gasteiger partial charge in [0.2, 0.25) is 5.76 Å². The molecule has 2 atom stereocenters. The summed E-state index contributed by atoms with van der Waals surface area (Å²) in [5.41, 5.74) is 1.38. The molecule has 2 heterocycles. The van der Waals surface area contributed by atoms with Gasteiger partial charge in [-0.2, -0.15) is 0 Å². The highest BCUT2D eigenvalue weighted by Crippen LogP contribution is 2.32. The minimum Gasteiger partial charge on any atom is -0.485 e. The van der Waals surface area contributed by atoms with Crippen LogP contribution in [-0.4, -0.2) is 58.6 Å². The van der Waals surface area contributed by atoms with E-state index in [9.17, 15) is 19.1 Å². The second-order valence-electron chi connectivity index (χ2n) is 9.05. The van der Waals surface area contributed by atoms with E-state index in [4.69, 9.17) is 25.5 Å². The summed E-state index contributed by atoms with van der Waals surface area (Å²) in [4.78, 5) is 28.4. The predicted octanol–water partition coefficient (Wildman–Crippen LogP) is 4.85. The highest BCUT2D eigenvalue weighted by molar-refractivity contribution is 6.30. The number of piperazine rings is 1. The van der Waals surface area contributed by atoms with E-state index in [0.29, 0.717) is 36.0 Å². The van der Waals surface area contributed by atoms with Gasteiger partial charge < -0.3 is 23.9 Å². The Morgan fingerprint density at radius 3 is 2.54 bits per heavy atom. The number of benzene rings is 2. The van der Waals surface area contributed by atoms with Gasteiger partial charge in [-0.25, -0.2) is 9.18 Å². The van der Waals surface area contributed by atoms with Crippen LogP contribution in [-0.2, 0) is 17.9 Å². The Morgan fingerprint density at radius 2 is 1.81 bits per heavy atom. The van der Waals surface area contributed by atoms with Crippen molar-refractivity contribution in [3.05, 3.63) is 82.5 Å². The predicted molar refractivity (Wildman–Crippen MR) is 134 cm³/mol. The maximum atomic E-state index is 13.2. The third-order valence-electron chi connectivity index (χ3n) is 6.32. The van der Waals surface area contributed by atoms with Crippen LogP contribution in [0.4, 0.5) is 4.39 Å². The molecule has 2 aromatic carbocycles. The zero-order chi connectivity index (χ0) is 26.5. The highest BCUT2D eigenvalue weighted by atomic mass is 35.5. The zero-order valence-corrected chi connectivity index (χ0v) is 21.3. The number of carbonyl (C=O) groups is 2. The summed E-state index contributed by atoms with van der Waals surface area (Å²) in [6.07, 6.45) is 1.28. The lowest BCUT2D eigenvalue weighted by Crippen LogP contribution is -2.58. The molecule has 10 heteroatoms. The van der Waals surface area contributed by atoms with Crippen LogP contribution in [0.25, 0.3) is 0 Å². The van der Waals surface area contributed by atoms with Crippen molar-refractivity contribution in [1.82, 2.24) is 9.80 Å². The van der Waals surface area contributed by atoms with Gasteiger partial charge in [-0.1, -0.05) is 23.7 Å². The van der Waals surface area contributed by atoms with Crippen LogP contribution < -0.4 is 9.47 Å². The van der Waals surface area contributed by atoms with Gasteiger partial charge in [0.05, 0.1) is 6.26 Å². The molecule has 1 aliphatic rings. The summed E-state index contributed by atoms with van der Waals surface area (Å²) >= 11 is 6.11. The number of carboxylic acid groups (broad SMARTS) is 1. The van der Waals surface area contributed by atoms with Gasteiger partial charge in [0.15, 0.2) is 18.1 Å². The number of amides is 1. The van der Waals surface area contributed by atoms with Crippen LogP contribution in [0, 0.1) is 5.82 Å². The molecule has 0 radical (unpaired) electrons. The number of furan rings is 1. The molecule has 0 saturated carbocycles. The first-order valence-electron chi connectivity index (χ1n) is 11.8. The molecule has 0 bridgehead atoms. The molecule has 37 heavy (non-hydrogen) atoms. The van der Waals surface area contributed by atoms with Gasteiger partial charge in [-0.15, -0.1) is 0 Å². The molecule has 1 N–H and O–H groups in total. The standard InChI is InChI=1S/C27H28ClFN2O6/c1-17-13-31(18(2)12-30(17)14-19-3-6-22(29)7-4-19)25(32)16-37-23-8-5-21(28)11-24(23)36-15-20-9-10-35-26(20)27(33)34/h3-11,17-18H,12-16H2,1-2H3,(H,33,34)/t17-,18+/m0/s1. The number of carbonyl (C=O) groups excluding carboxylic acids is 1. The van der Waals surface area contributed by atoms with Crippen LogP contribution in [0.1, 0.15) is 35.5 Å². The number of hydrogen-bond acceptors (Lipinski definition) is 6. The zero-order valence-electron chi connectivity index (χ0n) is 20.5. The Labute approximate surface area is 219 Å². The molecule has 196 valence electrons. The summed E-state index contributed by atoms with van der Waals surface area (Å²) in [6, 6.07) is 12.8. The monoisotopic (exact) mass is 530 g/mol. The van der Waals surface area contributed by atoms with Crippen molar-refractivity contribution < 1.29 is 33.0 Å². The van der Waals surface area contributed by atoms with Crippen molar-refractivity contribution in [2.75, 3.05) is 19.7 Å². The smallest absolute Gasteiger partial charge is 0.372 e. The molecular weight excluding hydrogens is 503 g/mol. The van der Waals surface area contributed by atoms with Crippen LogP contribution in [0.5, 0.6) is 11.5 Å². The van der Waals surface area contributed by atoms with Crippen LogP contribution in [0.2, 0.25) is 5.02 Å². The first-order valence-corrected chi connectivity index (χ1v) is 12.2. The third kappa shape index (κ3) is 6.61. The minimum absolute atomic E-state index is 0.0378. The number of hydrogen-bond donors (Lipinski definition) is 1. The summed E-state index contributed by atoms with van der Waals surface area (Å²) < 4.78 is 29.8.